The Balaban J connectivity index is 0.00000113. The fourth-order valence-corrected chi connectivity index (χ4v) is 3.51. The van der Waals surface area contributed by atoms with E-state index in [9.17, 15) is 0 Å². The van der Waals surface area contributed by atoms with Crippen LogP contribution in [0.2, 0.25) is 0 Å². The van der Waals surface area contributed by atoms with E-state index >= 15 is 0 Å². The number of nitrogens with zero attached hydrogens (tertiary/aromatic N) is 4. The summed E-state index contributed by atoms with van der Waals surface area (Å²) in [6, 6.07) is 11.2. The van der Waals surface area contributed by atoms with Gasteiger partial charge in [0, 0.05) is 42.4 Å². The number of nitrogens with two attached hydrogens (primary N) is 1. The van der Waals surface area contributed by atoms with Crippen molar-refractivity contribution in [3.8, 4) is 11.4 Å². The summed E-state index contributed by atoms with van der Waals surface area (Å²) >= 11 is 0. The molecule has 3 aromatic rings. The van der Waals surface area contributed by atoms with Crippen molar-refractivity contribution in [3.05, 3.63) is 60.7 Å². The molecule has 0 saturated heterocycles. The van der Waals surface area contributed by atoms with E-state index in [2.05, 4.69) is 45.1 Å². The quantitative estimate of drug-likeness (QED) is 0.751. The van der Waals surface area contributed by atoms with E-state index in [1.165, 1.54) is 11.1 Å². The molecular formula is C18H23Cl2N5. The Morgan fingerprint density at radius 2 is 1.88 bits per heavy atom. The molecule has 0 unspecified atom stereocenters. The number of rotatable bonds is 4. The van der Waals surface area contributed by atoms with Gasteiger partial charge in [0.1, 0.15) is 5.82 Å². The summed E-state index contributed by atoms with van der Waals surface area (Å²) in [5.41, 5.74) is 8.50. The third-order valence-electron chi connectivity index (χ3n) is 4.66. The van der Waals surface area contributed by atoms with Crippen molar-refractivity contribution < 1.29 is 0 Å². The smallest absolute Gasteiger partial charge is 0.140 e. The standard InChI is InChI=1S/C18H21N5.2ClH/c19-15-6-7-16(12-15)23-11-9-20-18(23)17-5-2-1-4-14(17)13-22-10-3-8-21-22;;/h1-5,8-11,15-16H,6-7,12-13,19H2;2*1H/t15-,16+;;/m0../s1. The van der Waals surface area contributed by atoms with Gasteiger partial charge in [-0.3, -0.25) is 4.68 Å². The summed E-state index contributed by atoms with van der Waals surface area (Å²) in [5, 5.41) is 4.32. The molecule has 1 fully saturated rings. The number of halogens is 2. The van der Waals surface area contributed by atoms with Gasteiger partial charge in [0.15, 0.2) is 0 Å². The van der Waals surface area contributed by atoms with Crippen LogP contribution in [0.4, 0.5) is 0 Å². The predicted octanol–water partition coefficient (Wildman–Crippen LogP) is 3.69. The van der Waals surface area contributed by atoms with Gasteiger partial charge in [0.25, 0.3) is 0 Å². The van der Waals surface area contributed by atoms with Gasteiger partial charge in [-0.05, 0) is 30.9 Å². The van der Waals surface area contributed by atoms with Crippen LogP contribution < -0.4 is 5.73 Å². The van der Waals surface area contributed by atoms with Crippen molar-refractivity contribution in [2.24, 2.45) is 5.73 Å². The third kappa shape index (κ3) is 4.06. The van der Waals surface area contributed by atoms with E-state index in [1.807, 2.05) is 29.3 Å². The molecule has 25 heavy (non-hydrogen) atoms. The van der Waals surface area contributed by atoms with Crippen molar-refractivity contribution in [3.63, 3.8) is 0 Å². The minimum absolute atomic E-state index is 0. The zero-order valence-corrected chi connectivity index (χ0v) is 15.5. The number of aromatic nitrogens is 4. The molecule has 0 spiro atoms. The molecule has 4 rings (SSSR count). The molecule has 2 heterocycles. The van der Waals surface area contributed by atoms with Crippen molar-refractivity contribution in [2.75, 3.05) is 0 Å². The molecule has 1 saturated carbocycles. The molecule has 1 aliphatic carbocycles. The maximum absolute atomic E-state index is 6.09. The van der Waals surface area contributed by atoms with Crippen molar-refractivity contribution in [1.29, 1.82) is 0 Å². The average molecular weight is 380 g/mol. The highest BCUT2D eigenvalue weighted by Crippen LogP contribution is 2.33. The first kappa shape index (κ1) is 19.5. The van der Waals surface area contributed by atoms with Crippen LogP contribution >= 0.6 is 24.8 Å². The second-order valence-electron chi connectivity index (χ2n) is 6.25. The Morgan fingerprint density at radius 3 is 2.60 bits per heavy atom. The lowest BCUT2D eigenvalue weighted by molar-refractivity contribution is 0.514. The van der Waals surface area contributed by atoms with Crippen molar-refractivity contribution >= 4 is 24.8 Å². The van der Waals surface area contributed by atoms with Crippen LogP contribution in [0.25, 0.3) is 11.4 Å². The number of hydrogen-bond acceptors (Lipinski definition) is 3. The van der Waals surface area contributed by atoms with Crippen LogP contribution in [-0.4, -0.2) is 25.4 Å². The van der Waals surface area contributed by atoms with E-state index in [4.69, 9.17) is 5.73 Å². The lowest BCUT2D eigenvalue weighted by atomic mass is 10.1. The maximum Gasteiger partial charge on any atom is 0.140 e. The van der Waals surface area contributed by atoms with Gasteiger partial charge in [-0.15, -0.1) is 24.8 Å². The van der Waals surface area contributed by atoms with E-state index in [1.54, 1.807) is 0 Å². The fraction of sp³-hybridized carbons (Fsp3) is 0.333. The first-order chi connectivity index (χ1) is 11.3. The molecule has 0 radical (unpaired) electrons. The van der Waals surface area contributed by atoms with E-state index < -0.39 is 0 Å². The molecule has 2 aromatic heterocycles. The molecule has 0 aliphatic heterocycles. The van der Waals surface area contributed by atoms with Crippen molar-refractivity contribution in [1.82, 2.24) is 19.3 Å². The minimum atomic E-state index is 0. The Bertz CT molecular complexity index is 784. The minimum Gasteiger partial charge on any atom is -0.328 e. The van der Waals surface area contributed by atoms with Gasteiger partial charge in [-0.25, -0.2) is 4.98 Å². The summed E-state index contributed by atoms with van der Waals surface area (Å²) < 4.78 is 4.24. The van der Waals surface area contributed by atoms with Gasteiger partial charge in [0.05, 0.1) is 6.54 Å². The second-order valence-corrected chi connectivity index (χ2v) is 6.25. The maximum atomic E-state index is 6.09. The Hall–Kier alpha value is -1.82. The van der Waals surface area contributed by atoms with E-state index in [0.717, 1.165) is 31.6 Å². The molecule has 2 N–H and O–H groups in total. The molecule has 7 heteroatoms. The van der Waals surface area contributed by atoms with Crippen LogP contribution in [-0.2, 0) is 6.54 Å². The predicted molar refractivity (Wildman–Crippen MR) is 104 cm³/mol. The molecule has 134 valence electrons. The molecular weight excluding hydrogens is 357 g/mol. The lowest BCUT2D eigenvalue weighted by Gasteiger charge is -2.17. The first-order valence-electron chi connectivity index (χ1n) is 8.15. The number of benzene rings is 1. The summed E-state index contributed by atoms with van der Waals surface area (Å²) in [4.78, 5) is 4.64. The largest absolute Gasteiger partial charge is 0.328 e. The molecule has 1 aliphatic rings. The first-order valence-corrected chi connectivity index (χ1v) is 8.15. The van der Waals surface area contributed by atoms with Crippen LogP contribution in [0.3, 0.4) is 0 Å². The summed E-state index contributed by atoms with van der Waals surface area (Å²) in [6.45, 7) is 0.750. The van der Waals surface area contributed by atoms with Gasteiger partial charge < -0.3 is 10.3 Å². The molecule has 0 amide bonds. The average Bonchev–Trinajstić information content (AvgIpc) is 3.28. The molecule has 2 atom stereocenters. The monoisotopic (exact) mass is 379 g/mol. The zero-order chi connectivity index (χ0) is 15.6. The number of imidazole rings is 1. The van der Waals surface area contributed by atoms with Crippen LogP contribution in [0, 0.1) is 0 Å². The van der Waals surface area contributed by atoms with Crippen LogP contribution in [0.1, 0.15) is 30.9 Å². The van der Waals surface area contributed by atoms with Gasteiger partial charge in [-0.1, -0.05) is 24.3 Å². The highest BCUT2D eigenvalue weighted by atomic mass is 35.5. The summed E-state index contributed by atoms with van der Waals surface area (Å²) in [7, 11) is 0. The van der Waals surface area contributed by atoms with Gasteiger partial charge in [-0.2, -0.15) is 5.10 Å². The summed E-state index contributed by atoms with van der Waals surface area (Å²) in [5.74, 6) is 1.03. The Labute approximate surface area is 160 Å². The number of hydrogen-bond donors (Lipinski definition) is 1. The molecule has 5 nitrogen and oxygen atoms in total. The van der Waals surface area contributed by atoms with Crippen molar-refractivity contribution in [2.45, 2.75) is 37.9 Å². The Morgan fingerprint density at radius 1 is 1.04 bits per heavy atom. The molecule has 1 aromatic carbocycles. The second kappa shape index (κ2) is 8.52. The van der Waals surface area contributed by atoms with Crippen LogP contribution in [0.5, 0.6) is 0 Å². The molecule has 0 bridgehead atoms. The highest BCUT2D eigenvalue weighted by molar-refractivity contribution is 5.85. The summed E-state index contributed by atoms with van der Waals surface area (Å²) in [6.07, 6.45) is 11.0. The normalized spacial score (nSPS) is 19.2. The zero-order valence-electron chi connectivity index (χ0n) is 13.9. The highest BCUT2D eigenvalue weighted by Gasteiger charge is 2.25. The fourth-order valence-electron chi connectivity index (χ4n) is 3.51. The van der Waals surface area contributed by atoms with Gasteiger partial charge in [0.2, 0.25) is 0 Å². The van der Waals surface area contributed by atoms with Crippen LogP contribution in [0.15, 0.2) is 55.1 Å². The Kier molecular flexibility index (Phi) is 6.64. The SMILES string of the molecule is Cl.Cl.N[C@H]1CC[C@@H](n2ccnc2-c2ccccc2Cn2cccn2)C1. The lowest BCUT2D eigenvalue weighted by Crippen LogP contribution is -2.16. The van der Waals surface area contributed by atoms with Gasteiger partial charge >= 0.3 is 0 Å². The topological polar surface area (TPSA) is 61.7 Å². The van der Waals surface area contributed by atoms with E-state index in [0.29, 0.717) is 12.1 Å². The third-order valence-corrected chi connectivity index (χ3v) is 4.66. The van der Waals surface area contributed by atoms with E-state index in [-0.39, 0.29) is 24.8 Å².